The minimum atomic E-state index is -3.36. The Morgan fingerprint density at radius 1 is 0.939 bits per heavy atom. The third-order valence-corrected chi connectivity index (χ3v) is 5.15. The molecule has 3 aromatic heterocycles. The zero-order valence-corrected chi connectivity index (χ0v) is 17.1. The van der Waals surface area contributed by atoms with Crippen molar-refractivity contribution in [3.05, 3.63) is 79.0 Å². The van der Waals surface area contributed by atoms with E-state index >= 15 is 0 Å². The number of benzene rings is 2. The molecule has 0 saturated carbocycles. The summed E-state index contributed by atoms with van der Waals surface area (Å²) in [7, 11) is 0. The van der Waals surface area contributed by atoms with Crippen molar-refractivity contribution in [2.75, 3.05) is 6.61 Å². The summed E-state index contributed by atoms with van der Waals surface area (Å²) < 4.78 is 48.2. The Morgan fingerprint density at radius 3 is 2.42 bits per heavy atom. The van der Waals surface area contributed by atoms with Gasteiger partial charge in [0.05, 0.1) is 11.1 Å². The minimum Gasteiger partial charge on any atom is -0.438 e. The van der Waals surface area contributed by atoms with E-state index < -0.39 is 24.9 Å². The van der Waals surface area contributed by atoms with Crippen molar-refractivity contribution >= 4 is 11.1 Å². The fraction of sp³-hybridized carbons (Fsp3) is 0.125. The Hall–Kier alpha value is -3.98. The van der Waals surface area contributed by atoms with Gasteiger partial charge in [-0.05, 0) is 30.3 Å². The van der Waals surface area contributed by atoms with Crippen LogP contribution in [-0.2, 0) is 6.54 Å². The maximum Gasteiger partial charge on any atom is 0.289 e. The second-order valence-electron chi connectivity index (χ2n) is 7.53. The third-order valence-electron chi connectivity index (χ3n) is 5.15. The molecule has 0 saturated heterocycles. The first-order valence-electron chi connectivity index (χ1n) is 10.1. The first-order chi connectivity index (χ1) is 15.9. The van der Waals surface area contributed by atoms with Gasteiger partial charge in [-0.3, -0.25) is 4.68 Å². The quantitative estimate of drug-likeness (QED) is 0.385. The molecule has 0 unspecified atom stereocenters. The van der Waals surface area contributed by atoms with Crippen LogP contribution >= 0.6 is 0 Å². The Kier molecular flexibility index (Phi) is 5.18. The van der Waals surface area contributed by atoms with E-state index in [1.165, 1.54) is 36.8 Å². The molecule has 1 N–H and O–H groups in total. The number of alkyl halides is 2. The van der Waals surface area contributed by atoms with Crippen molar-refractivity contribution in [3.63, 3.8) is 0 Å². The SMILES string of the molecule is OCC(F)(F)Cn1cc(-c2ncnc3oc(-c4ccccc4)cc23)c(-c2ccc(F)cc2)n1. The van der Waals surface area contributed by atoms with Crippen LogP contribution < -0.4 is 0 Å². The summed E-state index contributed by atoms with van der Waals surface area (Å²) >= 11 is 0. The van der Waals surface area contributed by atoms with Crippen molar-refractivity contribution in [1.82, 2.24) is 19.7 Å². The number of halogens is 3. The number of furan rings is 1. The Labute approximate surface area is 186 Å². The summed E-state index contributed by atoms with van der Waals surface area (Å²) in [5.74, 6) is -3.21. The number of aliphatic hydroxyl groups excluding tert-OH is 1. The van der Waals surface area contributed by atoms with E-state index in [1.807, 2.05) is 30.3 Å². The van der Waals surface area contributed by atoms with Crippen molar-refractivity contribution < 1.29 is 22.7 Å². The molecule has 6 nitrogen and oxygen atoms in total. The van der Waals surface area contributed by atoms with Crippen LogP contribution in [-0.4, -0.2) is 37.4 Å². The molecule has 0 amide bonds. The molecule has 0 aliphatic carbocycles. The second kappa shape index (κ2) is 8.18. The number of rotatable bonds is 6. The van der Waals surface area contributed by atoms with Gasteiger partial charge in [-0.1, -0.05) is 30.3 Å². The van der Waals surface area contributed by atoms with Crippen LogP contribution in [0.3, 0.4) is 0 Å². The maximum atomic E-state index is 13.9. The lowest BCUT2D eigenvalue weighted by molar-refractivity contribution is -0.0651. The molecule has 9 heteroatoms. The summed E-state index contributed by atoms with van der Waals surface area (Å²) in [4.78, 5) is 8.58. The van der Waals surface area contributed by atoms with Gasteiger partial charge in [0.15, 0.2) is 0 Å². The Bertz CT molecular complexity index is 1410. The van der Waals surface area contributed by atoms with Crippen LogP contribution in [0, 0.1) is 5.82 Å². The van der Waals surface area contributed by atoms with E-state index in [0.717, 1.165) is 10.2 Å². The van der Waals surface area contributed by atoms with Gasteiger partial charge >= 0.3 is 0 Å². The lowest BCUT2D eigenvalue weighted by Crippen LogP contribution is -2.28. The van der Waals surface area contributed by atoms with Gasteiger partial charge in [-0.25, -0.2) is 23.1 Å². The maximum absolute atomic E-state index is 13.9. The average molecular weight is 450 g/mol. The Morgan fingerprint density at radius 2 is 1.70 bits per heavy atom. The smallest absolute Gasteiger partial charge is 0.289 e. The topological polar surface area (TPSA) is 77.0 Å². The predicted molar refractivity (Wildman–Crippen MR) is 116 cm³/mol. The highest BCUT2D eigenvalue weighted by atomic mass is 19.3. The molecule has 0 radical (unpaired) electrons. The van der Waals surface area contributed by atoms with E-state index in [2.05, 4.69) is 15.1 Å². The fourth-order valence-corrected chi connectivity index (χ4v) is 3.60. The highest BCUT2D eigenvalue weighted by molar-refractivity contribution is 5.95. The molecule has 0 fully saturated rings. The number of aliphatic hydroxyl groups is 1. The molecule has 33 heavy (non-hydrogen) atoms. The normalized spacial score (nSPS) is 11.9. The second-order valence-corrected chi connectivity index (χ2v) is 7.53. The van der Waals surface area contributed by atoms with Gasteiger partial charge in [-0.2, -0.15) is 5.10 Å². The van der Waals surface area contributed by atoms with E-state index in [1.54, 1.807) is 6.07 Å². The lowest BCUT2D eigenvalue weighted by atomic mass is 10.0. The summed E-state index contributed by atoms with van der Waals surface area (Å²) in [6.45, 7) is -2.14. The van der Waals surface area contributed by atoms with Crippen LogP contribution in [0.5, 0.6) is 0 Å². The third kappa shape index (κ3) is 4.10. The van der Waals surface area contributed by atoms with Crippen molar-refractivity contribution in [1.29, 1.82) is 0 Å². The number of aromatic nitrogens is 4. The molecule has 0 bridgehead atoms. The molecule has 2 aromatic carbocycles. The standard InChI is InChI=1S/C24H17F3N4O2/c25-17-8-6-16(7-9-17)21-19(11-31(30-21)12-24(26,27)13-32)22-18-10-20(15-4-2-1-3-5-15)33-23(18)29-14-28-22/h1-11,14,32H,12-13H2. The molecule has 5 aromatic rings. The lowest BCUT2D eigenvalue weighted by Gasteiger charge is -2.12. The number of hydrogen-bond acceptors (Lipinski definition) is 5. The minimum absolute atomic E-state index is 0.331. The van der Waals surface area contributed by atoms with Gasteiger partial charge in [0.1, 0.15) is 36.8 Å². The molecule has 0 aliphatic heterocycles. The predicted octanol–water partition coefficient (Wildman–Crippen LogP) is 5.19. The zero-order chi connectivity index (χ0) is 23.0. The van der Waals surface area contributed by atoms with E-state index in [4.69, 9.17) is 9.52 Å². The molecule has 0 spiro atoms. The van der Waals surface area contributed by atoms with Crippen LogP contribution in [0.2, 0.25) is 0 Å². The molecular formula is C24H17F3N4O2. The van der Waals surface area contributed by atoms with Crippen molar-refractivity contribution in [3.8, 4) is 33.8 Å². The summed E-state index contributed by atoms with van der Waals surface area (Å²) in [6, 6.07) is 16.8. The van der Waals surface area contributed by atoms with Crippen LogP contribution in [0.15, 0.2) is 77.6 Å². The zero-order valence-electron chi connectivity index (χ0n) is 17.1. The Balaban J connectivity index is 1.68. The van der Waals surface area contributed by atoms with Gasteiger partial charge in [0, 0.05) is 22.9 Å². The largest absolute Gasteiger partial charge is 0.438 e. The first kappa shape index (κ1) is 20.9. The monoisotopic (exact) mass is 450 g/mol. The summed E-state index contributed by atoms with van der Waals surface area (Å²) in [6.07, 6.45) is 2.75. The first-order valence-corrected chi connectivity index (χ1v) is 10.1. The molecular weight excluding hydrogens is 433 g/mol. The fourth-order valence-electron chi connectivity index (χ4n) is 3.60. The summed E-state index contributed by atoms with van der Waals surface area (Å²) in [5.41, 5.74) is 2.92. The molecule has 5 rings (SSSR count). The van der Waals surface area contributed by atoms with Gasteiger partial charge < -0.3 is 9.52 Å². The van der Waals surface area contributed by atoms with Crippen LogP contribution in [0.4, 0.5) is 13.2 Å². The number of nitrogens with zero attached hydrogens (tertiary/aromatic N) is 4. The van der Waals surface area contributed by atoms with Gasteiger partial charge in [0.25, 0.3) is 5.92 Å². The average Bonchev–Trinajstić information content (AvgIpc) is 3.44. The highest BCUT2D eigenvalue weighted by Crippen LogP contribution is 2.37. The molecule has 166 valence electrons. The van der Waals surface area contributed by atoms with Gasteiger partial charge in [0.2, 0.25) is 5.71 Å². The van der Waals surface area contributed by atoms with Crippen LogP contribution in [0.25, 0.3) is 44.9 Å². The van der Waals surface area contributed by atoms with Crippen LogP contribution in [0.1, 0.15) is 0 Å². The van der Waals surface area contributed by atoms with Gasteiger partial charge in [-0.15, -0.1) is 0 Å². The molecule has 0 atom stereocenters. The van der Waals surface area contributed by atoms with Crippen molar-refractivity contribution in [2.24, 2.45) is 0 Å². The number of fused-ring (bicyclic) bond motifs is 1. The highest BCUT2D eigenvalue weighted by Gasteiger charge is 2.30. The molecule has 3 heterocycles. The summed E-state index contributed by atoms with van der Waals surface area (Å²) in [5, 5.41) is 13.9. The van der Waals surface area contributed by atoms with Crippen molar-refractivity contribution in [2.45, 2.75) is 12.5 Å². The number of hydrogen-bond donors (Lipinski definition) is 1. The van der Waals surface area contributed by atoms with E-state index in [0.29, 0.717) is 39.4 Å². The molecule has 0 aliphatic rings. The van der Waals surface area contributed by atoms with E-state index in [9.17, 15) is 13.2 Å². The van der Waals surface area contributed by atoms with E-state index in [-0.39, 0.29) is 0 Å².